The van der Waals surface area contributed by atoms with Crippen molar-refractivity contribution in [3.05, 3.63) is 0 Å². The van der Waals surface area contributed by atoms with Crippen molar-refractivity contribution in [1.29, 1.82) is 0 Å². The first-order chi connectivity index (χ1) is 7.35. The molecule has 3 nitrogen and oxygen atoms in total. The summed E-state index contributed by atoms with van der Waals surface area (Å²) in [7, 11) is 1.78. The number of rotatable bonds is 4. The number of nitrogens with zero attached hydrogens (tertiary/aromatic N) is 1. The van der Waals surface area contributed by atoms with Gasteiger partial charge in [-0.15, -0.1) is 0 Å². The van der Waals surface area contributed by atoms with Gasteiger partial charge in [0.1, 0.15) is 0 Å². The van der Waals surface area contributed by atoms with Gasteiger partial charge in [0.05, 0.1) is 0 Å². The SMILES string of the molecule is COCCCN1CCC2(CCOCC2)C1. The summed E-state index contributed by atoms with van der Waals surface area (Å²) < 4.78 is 10.5. The van der Waals surface area contributed by atoms with Gasteiger partial charge < -0.3 is 14.4 Å². The van der Waals surface area contributed by atoms with E-state index >= 15 is 0 Å². The fourth-order valence-corrected chi connectivity index (χ4v) is 2.86. The number of likely N-dealkylation sites (tertiary alicyclic amines) is 1. The van der Waals surface area contributed by atoms with Crippen molar-refractivity contribution in [3.63, 3.8) is 0 Å². The number of ether oxygens (including phenoxy) is 2. The van der Waals surface area contributed by atoms with E-state index in [2.05, 4.69) is 4.90 Å². The van der Waals surface area contributed by atoms with E-state index in [1.165, 1.54) is 45.3 Å². The predicted molar refractivity (Wildman–Crippen MR) is 60.0 cm³/mol. The summed E-state index contributed by atoms with van der Waals surface area (Å²) in [5.41, 5.74) is 0.603. The molecule has 0 amide bonds. The molecule has 1 spiro atoms. The molecule has 0 saturated carbocycles. The summed E-state index contributed by atoms with van der Waals surface area (Å²) in [6, 6.07) is 0. The molecule has 0 bridgehead atoms. The van der Waals surface area contributed by atoms with Crippen LogP contribution in [0, 0.1) is 5.41 Å². The lowest BCUT2D eigenvalue weighted by Crippen LogP contribution is -2.33. The minimum Gasteiger partial charge on any atom is -0.385 e. The van der Waals surface area contributed by atoms with Gasteiger partial charge in [0.2, 0.25) is 0 Å². The largest absolute Gasteiger partial charge is 0.385 e. The molecule has 0 aromatic heterocycles. The van der Waals surface area contributed by atoms with Crippen LogP contribution in [0.5, 0.6) is 0 Å². The second-order valence-corrected chi connectivity index (χ2v) is 4.98. The monoisotopic (exact) mass is 213 g/mol. The summed E-state index contributed by atoms with van der Waals surface area (Å²) >= 11 is 0. The van der Waals surface area contributed by atoms with E-state index in [0.29, 0.717) is 5.41 Å². The predicted octanol–water partition coefficient (Wildman–Crippen LogP) is 1.53. The topological polar surface area (TPSA) is 21.7 Å². The molecule has 0 aromatic carbocycles. The Morgan fingerprint density at radius 2 is 2.07 bits per heavy atom. The Morgan fingerprint density at radius 3 is 2.80 bits per heavy atom. The highest BCUT2D eigenvalue weighted by Gasteiger charge is 2.38. The van der Waals surface area contributed by atoms with Crippen LogP contribution >= 0.6 is 0 Å². The van der Waals surface area contributed by atoms with Gasteiger partial charge in [0.15, 0.2) is 0 Å². The standard InChI is InChI=1S/C12H23NO2/c1-14-8-2-6-13-7-3-12(11-13)4-9-15-10-5-12/h2-11H2,1H3. The maximum Gasteiger partial charge on any atom is 0.0474 e. The van der Waals surface area contributed by atoms with Crippen molar-refractivity contribution >= 4 is 0 Å². The molecule has 0 unspecified atom stereocenters. The maximum atomic E-state index is 5.45. The molecular weight excluding hydrogens is 190 g/mol. The van der Waals surface area contributed by atoms with E-state index in [1.54, 1.807) is 7.11 Å². The van der Waals surface area contributed by atoms with E-state index in [9.17, 15) is 0 Å². The van der Waals surface area contributed by atoms with Gasteiger partial charge in [0, 0.05) is 40.0 Å². The van der Waals surface area contributed by atoms with Crippen LogP contribution in [0.2, 0.25) is 0 Å². The second-order valence-electron chi connectivity index (χ2n) is 4.98. The molecule has 3 heteroatoms. The lowest BCUT2D eigenvalue weighted by atomic mass is 9.80. The minimum atomic E-state index is 0.603. The van der Waals surface area contributed by atoms with E-state index in [1.807, 2.05) is 0 Å². The smallest absolute Gasteiger partial charge is 0.0474 e. The zero-order valence-electron chi connectivity index (χ0n) is 9.83. The third kappa shape index (κ3) is 2.92. The summed E-state index contributed by atoms with van der Waals surface area (Å²) in [4.78, 5) is 2.60. The molecule has 2 aliphatic heterocycles. The summed E-state index contributed by atoms with van der Waals surface area (Å²) in [6.07, 6.45) is 5.09. The van der Waals surface area contributed by atoms with E-state index < -0.39 is 0 Å². The normalized spacial score (nSPS) is 26.2. The highest BCUT2D eigenvalue weighted by atomic mass is 16.5. The van der Waals surface area contributed by atoms with Crippen molar-refractivity contribution in [2.45, 2.75) is 25.7 Å². The molecule has 2 rings (SSSR count). The first kappa shape index (κ1) is 11.4. The number of methoxy groups -OCH3 is 1. The third-order valence-electron chi connectivity index (χ3n) is 3.89. The molecule has 2 aliphatic rings. The maximum absolute atomic E-state index is 5.45. The highest BCUT2D eigenvalue weighted by molar-refractivity contribution is 4.91. The van der Waals surface area contributed by atoms with E-state index in [4.69, 9.17) is 9.47 Å². The van der Waals surface area contributed by atoms with Crippen molar-refractivity contribution in [1.82, 2.24) is 4.90 Å². The lowest BCUT2D eigenvalue weighted by Gasteiger charge is -2.33. The van der Waals surface area contributed by atoms with Crippen molar-refractivity contribution < 1.29 is 9.47 Å². The zero-order chi connectivity index (χ0) is 10.6. The van der Waals surface area contributed by atoms with Gasteiger partial charge in [0.25, 0.3) is 0 Å². The summed E-state index contributed by atoms with van der Waals surface area (Å²) in [6.45, 7) is 6.63. The van der Waals surface area contributed by atoms with E-state index in [-0.39, 0.29) is 0 Å². The van der Waals surface area contributed by atoms with Crippen LogP contribution in [-0.2, 0) is 9.47 Å². The fourth-order valence-electron chi connectivity index (χ4n) is 2.86. The van der Waals surface area contributed by atoms with Gasteiger partial charge in [-0.25, -0.2) is 0 Å². The molecule has 0 aliphatic carbocycles. The first-order valence-electron chi connectivity index (χ1n) is 6.14. The Kier molecular flexibility index (Phi) is 4.00. The van der Waals surface area contributed by atoms with Gasteiger partial charge >= 0.3 is 0 Å². The Balaban J connectivity index is 1.73. The van der Waals surface area contributed by atoms with Crippen molar-refractivity contribution in [2.75, 3.05) is 46.6 Å². The lowest BCUT2D eigenvalue weighted by molar-refractivity contribution is 0.0191. The van der Waals surface area contributed by atoms with Crippen LogP contribution < -0.4 is 0 Å². The summed E-state index contributed by atoms with van der Waals surface area (Å²) in [5.74, 6) is 0. The fraction of sp³-hybridized carbons (Fsp3) is 1.00. The van der Waals surface area contributed by atoms with Crippen LogP contribution in [0.15, 0.2) is 0 Å². The van der Waals surface area contributed by atoms with Crippen molar-refractivity contribution in [3.8, 4) is 0 Å². The molecule has 2 heterocycles. The molecule has 88 valence electrons. The average molecular weight is 213 g/mol. The van der Waals surface area contributed by atoms with Gasteiger partial charge in [-0.3, -0.25) is 0 Å². The highest BCUT2D eigenvalue weighted by Crippen LogP contribution is 2.39. The van der Waals surface area contributed by atoms with Crippen LogP contribution in [-0.4, -0.2) is 51.5 Å². The van der Waals surface area contributed by atoms with Gasteiger partial charge in [-0.2, -0.15) is 0 Å². The zero-order valence-corrected chi connectivity index (χ0v) is 9.83. The first-order valence-corrected chi connectivity index (χ1v) is 6.14. The molecule has 2 fully saturated rings. The number of hydrogen-bond donors (Lipinski definition) is 0. The molecule has 15 heavy (non-hydrogen) atoms. The molecule has 0 atom stereocenters. The Labute approximate surface area is 92.7 Å². The Bertz CT molecular complexity index is 188. The third-order valence-corrected chi connectivity index (χ3v) is 3.89. The molecule has 0 aromatic rings. The molecule has 0 radical (unpaired) electrons. The average Bonchev–Trinajstić information content (AvgIpc) is 2.63. The quantitative estimate of drug-likeness (QED) is 0.661. The molecular formula is C12H23NO2. The Morgan fingerprint density at radius 1 is 1.27 bits per heavy atom. The van der Waals surface area contributed by atoms with Gasteiger partial charge in [-0.05, 0) is 37.6 Å². The van der Waals surface area contributed by atoms with Crippen LogP contribution in [0.4, 0.5) is 0 Å². The summed E-state index contributed by atoms with van der Waals surface area (Å²) in [5, 5.41) is 0. The minimum absolute atomic E-state index is 0.603. The molecule has 2 saturated heterocycles. The van der Waals surface area contributed by atoms with Crippen LogP contribution in [0.3, 0.4) is 0 Å². The second kappa shape index (κ2) is 5.28. The molecule has 0 N–H and O–H groups in total. The van der Waals surface area contributed by atoms with Gasteiger partial charge in [-0.1, -0.05) is 0 Å². The number of hydrogen-bond acceptors (Lipinski definition) is 3. The van der Waals surface area contributed by atoms with E-state index in [0.717, 1.165) is 19.8 Å². The van der Waals surface area contributed by atoms with Crippen LogP contribution in [0.25, 0.3) is 0 Å². The van der Waals surface area contributed by atoms with Crippen molar-refractivity contribution in [2.24, 2.45) is 5.41 Å². The van der Waals surface area contributed by atoms with Crippen LogP contribution in [0.1, 0.15) is 25.7 Å². The Hall–Kier alpha value is -0.120.